The van der Waals surface area contributed by atoms with E-state index < -0.39 is 0 Å². The zero-order valence-corrected chi connectivity index (χ0v) is 17.4. The van der Waals surface area contributed by atoms with Crippen LogP contribution in [0.15, 0.2) is 10.9 Å². The van der Waals surface area contributed by atoms with E-state index in [4.69, 9.17) is 4.74 Å². The van der Waals surface area contributed by atoms with Gasteiger partial charge in [0.15, 0.2) is 0 Å². The molecule has 1 atom stereocenters. The van der Waals surface area contributed by atoms with Crippen LogP contribution in [0.5, 0.6) is 0 Å². The lowest BCUT2D eigenvalue weighted by Gasteiger charge is -2.36. The van der Waals surface area contributed by atoms with Crippen LogP contribution in [-0.4, -0.2) is 59.5 Å². The average molecular weight is 403 g/mol. The number of fused-ring (bicyclic) bond motifs is 1. The lowest BCUT2D eigenvalue weighted by atomic mass is 9.97. The molecule has 29 heavy (non-hydrogen) atoms. The number of hydrogen-bond acceptors (Lipinski definition) is 5. The van der Waals surface area contributed by atoms with Crippen molar-refractivity contribution in [3.63, 3.8) is 0 Å². The first-order valence-corrected chi connectivity index (χ1v) is 11.4. The SMILES string of the molecule is O=C(NCC1CCCCN1CCn1nc2c(cc1=O)CCCC2)C1CCOCC1. The van der Waals surface area contributed by atoms with Gasteiger partial charge in [-0.25, -0.2) is 4.68 Å². The maximum atomic E-state index is 12.5. The summed E-state index contributed by atoms with van der Waals surface area (Å²) in [5.41, 5.74) is 2.27. The summed E-state index contributed by atoms with van der Waals surface area (Å²) in [4.78, 5) is 27.3. The third-order valence-electron chi connectivity index (χ3n) is 6.73. The minimum Gasteiger partial charge on any atom is -0.381 e. The van der Waals surface area contributed by atoms with Crippen LogP contribution in [0.25, 0.3) is 0 Å². The van der Waals surface area contributed by atoms with E-state index in [1.807, 2.05) is 0 Å². The molecule has 3 heterocycles. The van der Waals surface area contributed by atoms with Gasteiger partial charge in [-0.3, -0.25) is 14.5 Å². The Bertz CT molecular complexity index is 757. The molecule has 7 heteroatoms. The average Bonchev–Trinajstić information content (AvgIpc) is 2.77. The number of amides is 1. The Hall–Kier alpha value is -1.73. The summed E-state index contributed by atoms with van der Waals surface area (Å²) in [7, 11) is 0. The molecule has 2 fully saturated rings. The van der Waals surface area contributed by atoms with Crippen LogP contribution in [0.4, 0.5) is 0 Å². The van der Waals surface area contributed by atoms with Crippen molar-refractivity contribution in [1.82, 2.24) is 20.0 Å². The van der Waals surface area contributed by atoms with Crippen molar-refractivity contribution < 1.29 is 9.53 Å². The summed E-state index contributed by atoms with van der Waals surface area (Å²) in [6.07, 6.45) is 9.43. The lowest BCUT2D eigenvalue weighted by Crippen LogP contribution is -2.49. The second kappa shape index (κ2) is 9.85. The Labute approximate surface area is 172 Å². The first kappa shape index (κ1) is 20.5. The standard InChI is InChI=1S/C22H34N4O3/c27-21-15-18-5-1-2-7-20(18)24-26(21)12-11-25-10-4-3-6-19(25)16-23-22(28)17-8-13-29-14-9-17/h15,17,19H,1-14,16H2,(H,23,28). The van der Waals surface area contributed by atoms with Gasteiger partial charge in [0.1, 0.15) is 0 Å². The van der Waals surface area contributed by atoms with Crippen LogP contribution in [0, 0.1) is 5.92 Å². The number of hydrogen-bond donors (Lipinski definition) is 1. The molecule has 2 saturated heterocycles. The number of nitrogens with zero attached hydrogens (tertiary/aromatic N) is 3. The van der Waals surface area contributed by atoms with Crippen molar-refractivity contribution in [2.45, 2.75) is 70.4 Å². The van der Waals surface area contributed by atoms with Gasteiger partial charge in [-0.05, 0) is 63.5 Å². The first-order chi connectivity index (χ1) is 14.2. The molecule has 0 saturated carbocycles. The second-order valence-electron chi connectivity index (χ2n) is 8.70. The topological polar surface area (TPSA) is 76.5 Å². The zero-order chi connectivity index (χ0) is 20.1. The number of rotatable bonds is 6. The molecule has 160 valence electrons. The van der Waals surface area contributed by atoms with Gasteiger partial charge < -0.3 is 10.1 Å². The summed E-state index contributed by atoms with van der Waals surface area (Å²) in [5, 5.41) is 7.84. The number of likely N-dealkylation sites (tertiary alicyclic amines) is 1. The Morgan fingerprint density at radius 1 is 1.10 bits per heavy atom. The van der Waals surface area contributed by atoms with E-state index in [2.05, 4.69) is 15.3 Å². The van der Waals surface area contributed by atoms with Gasteiger partial charge in [0.2, 0.25) is 5.91 Å². The second-order valence-corrected chi connectivity index (χ2v) is 8.70. The summed E-state index contributed by atoms with van der Waals surface area (Å²) in [6.45, 7) is 4.53. The number of aromatic nitrogens is 2. The molecule has 0 bridgehead atoms. The molecule has 1 aromatic heterocycles. The number of nitrogens with one attached hydrogen (secondary N) is 1. The quantitative estimate of drug-likeness (QED) is 0.781. The molecule has 0 aromatic carbocycles. The van der Waals surface area contributed by atoms with Gasteiger partial charge in [0, 0.05) is 44.3 Å². The highest BCUT2D eigenvalue weighted by atomic mass is 16.5. The predicted octanol–water partition coefficient (Wildman–Crippen LogP) is 1.52. The van der Waals surface area contributed by atoms with Crippen LogP contribution in [0.2, 0.25) is 0 Å². The summed E-state index contributed by atoms with van der Waals surface area (Å²) in [5.74, 6) is 0.269. The Kier molecular flexibility index (Phi) is 6.98. The Balaban J connectivity index is 1.32. The van der Waals surface area contributed by atoms with Crippen LogP contribution in [-0.2, 0) is 28.9 Å². The predicted molar refractivity (Wildman–Crippen MR) is 111 cm³/mol. The highest BCUT2D eigenvalue weighted by Gasteiger charge is 2.26. The molecular formula is C22H34N4O3. The van der Waals surface area contributed by atoms with Crippen molar-refractivity contribution in [2.75, 3.05) is 32.8 Å². The van der Waals surface area contributed by atoms with Gasteiger partial charge >= 0.3 is 0 Å². The van der Waals surface area contributed by atoms with Crippen molar-refractivity contribution in [3.05, 3.63) is 27.7 Å². The number of piperidine rings is 1. The number of carbonyl (C=O) groups is 1. The first-order valence-electron chi connectivity index (χ1n) is 11.4. The van der Waals surface area contributed by atoms with E-state index in [0.29, 0.717) is 32.3 Å². The molecule has 2 aliphatic heterocycles. The molecule has 0 radical (unpaired) electrons. The Morgan fingerprint density at radius 3 is 2.79 bits per heavy atom. The monoisotopic (exact) mass is 402 g/mol. The van der Waals surface area contributed by atoms with E-state index in [1.54, 1.807) is 10.7 Å². The maximum Gasteiger partial charge on any atom is 0.267 e. The Morgan fingerprint density at radius 2 is 1.93 bits per heavy atom. The molecule has 7 nitrogen and oxygen atoms in total. The van der Waals surface area contributed by atoms with E-state index >= 15 is 0 Å². The molecule has 4 rings (SSSR count). The van der Waals surface area contributed by atoms with Gasteiger partial charge in [0.25, 0.3) is 5.56 Å². The van der Waals surface area contributed by atoms with Crippen molar-refractivity contribution in [3.8, 4) is 0 Å². The van der Waals surface area contributed by atoms with E-state index in [-0.39, 0.29) is 17.4 Å². The highest BCUT2D eigenvalue weighted by molar-refractivity contribution is 5.78. The van der Waals surface area contributed by atoms with Crippen molar-refractivity contribution >= 4 is 5.91 Å². The third kappa shape index (κ3) is 5.25. The normalized spacial score (nSPS) is 23.5. The molecule has 1 aliphatic carbocycles. The summed E-state index contributed by atoms with van der Waals surface area (Å²) in [6, 6.07) is 2.14. The van der Waals surface area contributed by atoms with Crippen LogP contribution in [0.1, 0.15) is 56.2 Å². The number of ether oxygens (including phenoxy) is 1. The van der Waals surface area contributed by atoms with Gasteiger partial charge in [-0.15, -0.1) is 0 Å². The lowest BCUT2D eigenvalue weighted by molar-refractivity contribution is -0.128. The fourth-order valence-corrected chi connectivity index (χ4v) is 4.89. The van der Waals surface area contributed by atoms with Crippen LogP contribution >= 0.6 is 0 Å². The van der Waals surface area contributed by atoms with Crippen molar-refractivity contribution in [2.24, 2.45) is 5.92 Å². The molecule has 0 spiro atoms. The van der Waals surface area contributed by atoms with E-state index in [1.165, 1.54) is 19.3 Å². The molecule has 1 unspecified atom stereocenters. The molecule has 1 aromatic rings. The van der Waals surface area contributed by atoms with Crippen LogP contribution < -0.4 is 10.9 Å². The van der Waals surface area contributed by atoms with E-state index in [0.717, 1.165) is 62.9 Å². The fraction of sp³-hybridized carbons (Fsp3) is 0.773. The fourth-order valence-electron chi connectivity index (χ4n) is 4.89. The highest BCUT2D eigenvalue weighted by Crippen LogP contribution is 2.19. The minimum atomic E-state index is 0.0204. The van der Waals surface area contributed by atoms with Gasteiger partial charge in [-0.2, -0.15) is 5.10 Å². The molecular weight excluding hydrogens is 368 g/mol. The largest absolute Gasteiger partial charge is 0.381 e. The van der Waals surface area contributed by atoms with Gasteiger partial charge in [-0.1, -0.05) is 6.42 Å². The number of carbonyl (C=O) groups excluding carboxylic acids is 1. The third-order valence-corrected chi connectivity index (χ3v) is 6.73. The molecule has 1 N–H and O–H groups in total. The number of aryl methyl sites for hydroxylation is 2. The van der Waals surface area contributed by atoms with E-state index in [9.17, 15) is 9.59 Å². The van der Waals surface area contributed by atoms with Crippen molar-refractivity contribution in [1.29, 1.82) is 0 Å². The summed E-state index contributed by atoms with van der Waals surface area (Å²) >= 11 is 0. The molecule has 3 aliphatic rings. The smallest absolute Gasteiger partial charge is 0.267 e. The summed E-state index contributed by atoms with van der Waals surface area (Å²) < 4.78 is 7.01. The maximum absolute atomic E-state index is 12.5. The van der Waals surface area contributed by atoms with Gasteiger partial charge in [0.05, 0.1) is 12.2 Å². The molecule has 1 amide bonds. The zero-order valence-electron chi connectivity index (χ0n) is 17.4. The van der Waals surface area contributed by atoms with Crippen LogP contribution in [0.3, 0.4) is 0 Å². The minimum absolute atomic E-state index is 0.0204.